The van der Waals surface area contributed by atoms with E-state index >= 15 is 0 Å². The lowest BCUT2D eigenvalue weighted by Crippen LogP contribution is -2.36. The van der Waals surface area contributed by atoms with Crippen molar-refractivity contribution < 1.29 is 14.3 Å². The number of nitrogens with zero attached hydrogens (tertiary/aromatic N) is 1. The molecule has 1 aliphatic rings. The van der Waals surface area contributed by atoms with E-state index in [4.69, 9.17) is 4.74 Å². The van der Waals surface area contributed by atoms with Gasteiger partial charge in [-0.25, -0.2) is 4.79 Å². The predicted molar refractivity (Wildman–Crippen MR) is 75.1 cm³/mol. The van der Waals surface area contributed by atoms with E-state index in [9.17, 15) is 4.79 Å². The number of ether oxygens (including phenoxy) is 2. The van der Waals surface area contributed by atoms with Crippen LogP contribution in [0, 0.1) is 0 Å². The molecule has 1 aliphatic heterocycles. The molecule has 1 fully saturated rings. The van der Waals surface area contributed by atoms with Crippen molar-refractivity contribution in [1.29, 1.82) is 0 Å². The van der Waals surface area contributed by atoms with Crippen molar-refractivity contribution in [2.24, 2.45) is 0 Å². The van der Waals surface area contributed by atoms with Crippen molar-refractivity contribution in [3.63, 3.8) is 0 Å². The quantitative estimate of drug-likeness (QED) is 0.617. The van der Waals surface area contributed by atoms with E-state index in [1.165, 1.54) is 18.9 Å². The van der Waals surface area contributed by atoms with Gasteiger partial charge in [-0.15, -0.1) is 0 Å². The maximum Gasteiger partial charge on any atom is 0.330 e. The number of allylic oxidation sites excluding steroid dienone is 1. The van der Waals surface area contributed by atoms with E-state index < -0.39 is 0 Å². The number of anilines is 1. The number of esters is 1. The third-order valence-corrected chi connectivity index (χ3v) is 3.23. The lowest BCUT2D eigenvalue weighted by atomic mass is 10.1. The highest BCUT2D eigenvalue weighted by Gasteiger charge is 2.10. The first kappa shape index (κ1) is 13.6. The Morgan fingerprint density at radius 2 is 1.89 bits per heavy atom. The number of carbonyl (C=O) groups is 1. The number of rotatable bonds is 3. The van der Waals surface area contributed by atoms with Gasteiger partial charge in [-0.1, -0.05) is 12.1 Å². The van der Waals surface area contributed by atoms with Gasteiger partial charge in [-0.05, 0) is 30.2 Å². The number of hydrogen-bond donors (Lipinski definition) is 0. The Hall–Kier alpha value is -1.81. The molecule has 2 rings (SSSR count). The monoisotopic (exact) mass is 261 g/mol. The number of carbonyl (C=O) groups excluding carboxylic acids is 1. The van der Waals surface area contributed by atoms with Gasteiger partial charge in [-0.3, -0.25) is 0 Å². The first-order chi connectivity index (χ1) is 9.20. The molecule has 4 nitrogen and oxygen atoms in total. The van der Waals surface area contributed by atoms with Crippen molar-refractivity contribution in [3.8, 4) is 0 Å². The maximum absolute atomic E-state index is 11.2. The molecule has 19 heavy (non-hydrogen) atoms. The van der Waals surface area contributed by atoms with Gasteiger partial charge in [0.05, 0.1) is 20.3 Å². The van der Waals surface area contributed by atoms with Crippen LogP contribution in [0.1, 0.15) is 12.5 Å². The van der Waals surface area contributed by atoms with E-state index in [-0.39, 0.29) is 5.97 Å². The van der Waals surface area contributed by atoms with E-state index in [0.29, 0.717) is 0 Å². The van der Waals surface area contributed by atoms with Gasteiger partial charge in [0.15, 0.2) is 0 Å². The molecule has 0 aromatic heterocycles. The molecule has 0 saturated carbocycles. The minimum Gasteiger partial charge on any atom is -0.466 e. The SMILES string of the molecule is COC(=O)/C=C(/C)c1ccc(N2CCOCC2)cc1. The number of methoxy groups -OCH3 is 1. The van der Waals surface area contributed by atoms with Crippen LogP contribution in [-0.2, 0) is 14.3 Å². The molecule has 1 aromatic carbocycles. The smallest absolute Gasteiger partial charge is 0.330 e. The summed E-state index contributed by atoms with van der Waals surface area (Å²) in [6, 6.07) is 8.21. The van der Waals surface area contributed by atoms with Gasteiger partial charge in [0.25, 0.3) is 0 Å². The number of benzene rings is 1. The molecule has 0 unspecified atom stereocenters. The molecule has 0 bridgehead atoms. The zero-order valence-electron chi connectivity index (χ0n) is 11.4. The van der Waals surface area contributed by atoms with Crippen molar-refractivity contribution in [3.05, 3.63) is 35.9 Å². The van der Waals surface area contributed by atoms with Crippen LogP contribution < -0.4 is 4.90 Å². The Bertz CT molecular complexity index is 459. The fraction of sp³-hybridized carbons (Fsp3) is 0.400. The van der Waals surface area contributed by atoms with Crippen LogP contribution in [-0.4, -0.2) is 39.4 Å². The van der Waals surface area contributed by atoms with Crippen molar-refractivity contribution >= 4 is 17.2 Å². The predicted octanol–water partition coefficient (Wildman–Crippen LogP) is 2.10. The van der Waals surface area contributed by atoms with Gasteiger partial charge in [0, 0.05) is 24.9 Å². The van der Waals surface area contributed by atoms with E-state index in [1.807, 2.05) is 19.1 Å². The van der Waals surface area contributed by atoms with E-state index in [2.05, 4.69) is 21.8 Å². The third kappa shape index (κ3) is 3.58. The molecular formula is C15H19NO3. The summed E-state index contributed by atoms with van der Waals surface area (Å²) in [4.78, 5) is 13.5. The fourth-order valence-corrected chi connectivity index (χ4v) is 2.08. The summed E-state index contributed by atoms with van der Waals surface area (Å²) < 4.78 is 9.96. The fourth-order valence-electron chi connectivity index (χ4n) is 2.08. The Balaban J connectivity index is 2.09. The van der Waals surface area contributed by atoms with Crippen molar-refractivity contribution in [2.45, 2.75) is 6.92 Å². The number of morpholine rings is 1. The van der Waals surface area contributed by atoms with Gasteiger partial charge in [-0.2, -0.15) is 0 Å². The summed E-state index contributed by atoms with van der Waals surface area (Å²) in [7, 11) is 1.38. The Labute approximate surface area is 113 Å². The first-order valence-corrected chi connectivity index (χ1v) is 6.40. The topological polar surface area (TPSA) is 38.8 Å². The highest BCUT2D eigenvalue weighted by atomic mass is 16.5. The molecule has 0 amide bonds. The zero-order valence-corrected chi connectivity index (χ0v) is 11.4. The maximum atomic E-state index is 11.2. The zero-order chi connectivity index (χ0) is 13.7. The van der Waals surface area contributed by atoms with Gasteiger partial charge < -0.3 is 14.4 Å². The minimum atomic E-state index is -0.324. The molecule has 102 valence electrons. The van der Waals surface area contributed by atoms with Crippen LogP contribution in [0.2, 0.25) is 0 Å². The van der Waals surface area contributed by atoms with Crippen LogP contribution in [0.25, 0.3) is 5.57 Å². The summed E-state index contributed by atoms with van der Waals surface area (Å²) in [6.45, 7) is 5.32. The number of hydrogen-bond acceptors (Lipinski definition) is 4. The summed E-state index contributed by atoms with van der Waals surface area (Å²) >= 11 is 0. The third-order valence-electron chi connectivity index (χ3n) is 3.23. The second-order valence-electron chi connectivity index (χ2n) is 4.50. The molecule has 0 N–H and O–H groups in total. The molecule has 0 aliphatic carbocycles. The Morgan fingerprint density at radius 3 is 2.47 bits per heavy atom. The molecule has 1 aromatic rings. The molecule has 4 heteroatoms. The Morgan fingerprint density at radius 1 is 1.26 bits per heavy atom. The largest absolute Gasteiger partial charge is 0.466 e. The highest BCUT2D eigenvalue weighted by molar-refractivity contribution is 5.90. The van der Waals surface area contributed by atoms with Gasteiger partial charge in [0.1, 0.15) is 0 Å². The highest BCUT2D eigenvalue weighted by Crippen LogP contribution is 2.20. The van der Waals surface area contributed by atoms with Crippen LogP contribution in [0.5, 0.6) is 0 Å². The average molecular weight is 261 g/mol. The summed E-state index contributed by atoms with van der Waals surface area (Å²) in [5, 5.41) is 0. The van der Waals surface area contributed by atoms with Crippen LogP contribution in [0.15, 0.2) is 30.3 Å². The molecule has 0 atom stereocenters. The van der Waals surface area contributed by atoms with Crippen molar-refractivity contribution in [1.82, 2.24) is 0 Å². The average Bonchev–Trinajstić information content (AvgIpc) is 2.48. The van der Waals surface area contributed by atoms with Crippen LogP contribution >= 0.6 is 0 Å². The standard InChI is InChI=1S/C15H19NO3/c1-12(11-15(17)18-2)13-3-5-14(6-4-13)16-7-9-19-10-8-16/h3-6,11H,7-10H2,1-2H3/b12-11-. The summed E-state index contributed by atoms with van der Waals surface area (Å²) in [5.74, 6) is -0.324. The van der Waals surface area contributed by atoms with Gasteiger partial charge >= 0.3 is 5.97 Å². The van der Waals surface area contributed by atoms with E-state index in [1.54, 1.807) is 0 Å². The normalized spacial score (nSPS) is 16.3. The van der Waals surface area contributed by atoms with Crippen molar-refractivity contribution in [2.75, 3.05) is 38.3 Å². The molecular weight excluding hydrogens is 242 g/mol. The molecule has 1 heterocycles. The lowest BCUT2D eigenvalue weighted by Gasteiger charge is -2.28. The second kappa shape index (κ2) is 6.38. The summed E-state index contributed by atoms with van der Waals surface area (Å²) in [6.07, 6.45) is 1.50. The minimum absolute atomic E-state index is 0.324. The van der Waals surface area contributed by atoms with Crippen LogP contribution in [0.3, 0.4) is 0 Å². The Kier molecular flexibility index (Phi) is 4.58. The lowest BCUT2D eigenvalue weighted by molar-refractivity contribution is -0.134. The van der Waals surface area contributed by atoms with Gasteiger partial charge in [0.2, 0.25) is 0 Å². The molecule has 1 saturated heterocycles. The molecule has 0 spiro atoms. The first-order valence-electron chi connectivity index (χ1n) is 6.40. The summed E-state index contributed by atoms with van der Waals surface area (Å²) in [5.41, 5.74) is 3.13. The van der Waals surface area contributed by atoms with E-state index in [0.717, 1.165) is 37.4 Å². The molecule has 0 radical (unpaired) electrons. The second-order valence-corrected chi connectivity index (χ2v) is 4.50. The van der Waals surface area contributed by atoms with Crippen LogP contribution in [0.4, 0.5) is 5.69 Å².